The summed E-state index contributed by atoms with van der Waals surface area (Å²) in [5.41, 5.74) is 1.01. The Labute approximate surface area is 92.9 Å². The molecular formula is C10H15F2N3O. The first-order chi connectivity index (χ1) is 7.72. The molecule has 4 nitrogen and oxygen atoms in total. The van der Waals surface area contributed by atoms with Crippen LogP contribution < -0.4 is 5.32 Å². The van der Waals surface area contributed by atoms with E-state index in [-0.39, 0.29) is 6.61 Å². The van der Waals surface area contributed by atoms with Crippen LogP contribution in [-0.2, 0) is 11.3 Å². The average Bonchev–Trinajstić information content (AvgIpc) is 2.70. The van der Waals surface area contributed by atoms with Gasteiger partial charge >= 0.3 is 0 Å². The summed E-state index contributed by atoms with van der Waals surface area (Å²) in [6.07, 6.45) is 2.75. The Kier molecular flexibility index (Phi) is 5.66. The third kappa shape index (κ3) is 4.99. The van der Waals surface area contributed by atoms with Crippen LogP contribution in [-0.4, -0.2) is 36.0 Å². The number of nitrogens with zero attached hydrogens (tertiary/aromatic N) is 2. The molecule has 0 spiro atoms. The van der Waals surface area contributed by atoms with E-state index in [0.29, 0.717) is 13.1 Å². The van der Waals surface area contributed by atoms with Crippen LogP contribution in [0.3, 0.4) is 0 Å². The lowest BCUT2D eigenvalue weighted by Gasteiger charge is -2.04. The molecule has 90 valence electrons. The molecule has 0 atom stereocenters. The van der Waals surface area contributed by atoms with Crippen molar-refractivity contribution in [2.75, 3.05) is 19.8 Å². The van der Waals surface area contributed by atoms with Gasteiger partial charge in [0.05, 0.1) is 12.8 Å². The second-order valence-electron chi connectivity index (χ2n) is 3.15. The molecule has 0 aliphatic carbocycles. The van der Waals surface area contributed by atoms with E-state index in [1.165, 1.54) is 0 Å². The molecule has 1 rings (SSSR count). The third-order valence-electron chi connectivity index (χ3n) is 1.84. The minimum absolute atomic E-state index is 0.278. The van der Waals surface area contributed by atoms with Crippen molar-refractivity contribution < 1.29 is 13.5 Å². The molecular weight excluding hydrogens is 216 g/mol. The number of halogens is 2. The lowest BCUT2D eigenvalue weighted by molar-refractivity contribution is 0.0187. The van der Waals surface area contributed by atoms with E-state index < -0.39 is 13.0 Å². The lowest BCUT2D eigenvalue weighted by atomic mass is 10.3. The maximum Gasteiger partial charge on any atom is 0.261 e. The Balaban J connectivity index is 2.04. The van der Waals surface area contributed by atoms with Crippen molar-refractivity contribution in [1.29, 1.82) is 0 Å². The number of rotatable bonds is 8. The van der Waals surface area contributed by atoms with Crippen LogP contribution in [0.4, 0.5) is 8.78 Å². The number of nitrogens with one attached hydrogen (secondary N) is 1. The molecule has 1 heterocycles. The predicted molar refractivity (Wildman–Crippen MR) is 57.1 cm³/mol. The summed E-state index contributed by atoms with van der Waals surface area (Å²) in [6.45, 7) is 4.51. The second-order valence-corrected chi connectivity index (χ2v) is 3.15. The van der Waals surface area contributed by atoms with Crippen molar-refractivity contribution in [3.63, 3.8) is 0 Å². The van der Waals surface area contributed by atoms with E-state index in [0.717, 1.165) is 5.56 Å². The topological polar surface area (TPSA) is 39.1 Å². The Bertz CT molecular complexity index is 315. The molecule has 0 saturated carbocycles. The summed E-state index contributed by atoms with van der Waals surface area (Å²) in [7, 11) is 0. The molecule has 0 aromatic carbocycles. The molecule has 0 aliphatic heterocycles. The van der Waals surface area contributed by atoms with Crippen LogP contribution >= 0.6 is 0 Å². The van der Waals surface area contributed by atoms with Crippen LogP contribution in [0.25, 0.3) is 6.20 Å². The van der Waals surface area contributed by atoms with Gasteiger partial charge in [-0.25, -0.2) is 13.5 Å². The van der Waals surface area contributed by atoms with Gasteiger partial charge in [-0.15, -0.1) is 0 Å². The summed E-state index contributed by atoms with van der Waals surface area (Å²) in [4.78, 5) is 0. The van der Waals surface area contributed by atoms with Crippen molar-refractivity contribution in [3.8, 4) is 0 Å². The number of ether oxygens (including phenoxy) is 1. The van der Waals surface area contributed by atoms with E-state index in [9.17, 15) is 8.78 Å². The molecule has 0 unspecified atom stereocenters. The number of hydrogen-bond acceptors (Lipinski definition) is 3. The van der Waals surface area contributed by atoms with Gasteiger partial charge in [0.25, 0.3) is 6.43 Å². The molecule has 6 heteroatoms. The normalized spacial score (nSPS) is 10.9. The van der Waals surface area contributed by atoms with Crippen molar-refractivity contribution >= 4 is 6.20 Å². The minimum atomic E-state index is -2.40. The Morgan fingerprint density at radius 2 is 2.44 bits per heavy atom. The zero-order valence-corrected chi connectivity index (χ0v) is 8.90. The van der Waals surface area contributed by atoms with Crippen molar-refractivity contribution in [3.05, 3.63) is 24.5 Å². The summed E-state index contributed by atoms with van der Waals surface area (Å²) in [5, 5.41) is 7.06. The SMILES string of the molecule is C=Cn1cc(CNCCOCC(F)F)cn1. The van der Waals surface area contributed by atoms with Crippen LogP contribution in [0.5, 0.6) is 0 Å². The molecule has 1 aromatic rings. The lowest BCUT2D eigenvalue weighted by Crippen LogP contribution is -2.20. The summed E-state index contributed by atoms with van der Waals surface area (Å²) >= 11 is 0. The Morgan fingerprint density at radius 3 is 3.06 bits per heavy atom. The van der Waals surface area contributed by atoms with Gasteiger partial charge in [-0.1, -0.05) is 6.58 Å². The maximum atomic E-state index is 11.7. The van der Waals surface area contributed by atoms with Gasteiger partial charge in [0.2, 0.25) is 0 Å². The van der Waals surface area contributed by atoms with Crippen molar-refractivity contribution in [1.82, 2.24) is 15.1 Å². The van der Waals surface area contributed by atoms with Crippen LogP contribution in [0.2, 0.25) is 0 Å². The summed E-state index contributed by atoms with van der Waals surface area (Å²) < 4.78 is 29.7. The number of alkyl halides is 2. The molecule has 1 aromatic heterocycles. The van der Waals surface area contributed by atoms with Crippen molar-refractivity contribution in [2.45, 2.75) is 13.0 Å². The molecule has 0 amide bonds. The standard InChI is InChI=1S/C10H15F2N3O/c1-2-15-7-9(6-14-15)5-13-3-4-16-8-10(11)12/h2,6-7,10,13H,1,3-5,8H2. The highest BCUT2D eigenvalue weighted by Crippen LogP contribution is 1.96. The number of aromatic nitrogens is 2. The molecule has 0 bridgehead atoms. The van der Waals surface area contributed by atoms with Gasteiger partial charge in [0, 0.05) is 31.0 Å². The first-order valence-corrected chi connectivity index (χ1v) is 4.94. The van der Waals surface area contributed by atoms with E-state index >= 15 is 0 Å². The van der Waals surface area contributed by atoms with Gasteiger partial charge in [0.1, 0.15) is 6.61 Å². The fourth-order valence-electron chi connectivity index (χ4n) is 1.12. The van der Waals surface area contributed by atoms with Crippen LogP contribution in [0.1, 0.15) is 5.56 Å². The van der Waals surface area contributed by atoms with Gasteiger partial charge in [0.15, 0.2) is 0 Å². The zero-order valence-electron chi connectivity index (χ0n) is 8.90. The highest BCUT2D eigenvalue weighted by molar-refractivity contribution is 5.17. The monoisotopic (exact) mass is 231 g/mol. The van der Waals surface area contributed by atoms with Gasteiger partial charge in [-0.3, -0.25) is 0 Å². The van der Waals surface area contributed by atoms with Gasteiger partial charge in [-0.05, 0) is 0 Å². The first kappa shape index (κ1) is 12.8. The minimum Gasteiger partial charge on any atom is -0.374 e. The quantitative estimate of drug-likeness (QED) is 0.686. The molecule has 16 heavy (non-hydrogen) atoms. The molecule has 0 fully saturated rings. The van der Waals surface area contributed by atoms with E-state index in [4.69, 9.17) is 4.74 Å². The van der Waals surface area contributed by atoms with E-state index in [1.54, 1.807) is 17.1 Å². The first-order valence-electron chi connectivity index (χ1n) is 4.94. The molecule has 0 saturated heterocycles. The highest BCUT2D eigenvalue weighted by atomic mass is 19.3. The summed E-state index contributed by atoms with van der Waals surface area (Å²) in [5.74, 6) is 0. The van der Waals surface area contributed by atoms with E-state index in [1.807, 2.05) is 6.20 Å². The second kappa shape index (κ2) is 7.08. The molecule has 0 radical (unpaired) electrons. The molecule has 0 aliphatic rings. The maximum absolute atomic E-state index is 11.7. The third-order valence-corrected chi connectivity index (χ3v) is 1.84. The van der Waals surface area contributed by atoms with Crippen molar-refractivity contribution in [2.24, 2.45) is 0 Å². The smallest absolute Gasteiger partial charge is 0.261 e. The fraction of sp³-hybridized carbons (Fsp3) is 0.500. The van der Waals surface area contributed by atoms with Gasteiger partial charge in [-0.2, -0.15) is 5.10 Å². The summed E-state index contributed by atoms with van der Waals surface area (Å²) in [6, 6.07) is 0. The highest BCUT2D eigenvalue weighted by Gasteiger charge is 2.01. The van der Waals surface area contributed by atoms with Crippen LogP contribution in [0.15, 0.2) is 19.0 Å². The van der Waals surface area contributed by atoms with E-state index in [2.05, 4.69) is 17.0 Å². The molecule has 1 N–H and O–H groups in total. The largest absolute Gasteiger partial charge is 0.374 e. The Hall–Kier alpha value is -1.27. The average molecular weight is 231 g/mol. The zero-order chi connectivity index (χ0) is 11.8. The predicted octanol–water partition coefficient (Wildman–Crippen LogP) is 1.35. The van der Waals surface area contributed by atoms with Gasteiger partial charge < -0.3 is 10.1 Å². The van der Waals surface area contributed by atoms with Crippen LogP contribution in [0, 0.1) is 0 Å². The number of hydrogen-bond donors (Lipinski definition) is 1. The Morgan fingerprint density at radius 1 is 1.62 bits per heavy atom. The fourth-order valence-corrected chi connectivity index (χ4v) is 1.12.